The molecule has 0 atom stereocenters. The first-order valence-corrected chi connectivity index (χ1v) is 9.71. The highest BCUT2D eigenvalue weighted by atomic mass is 16.3. The molecule has 1 aromatic heterocycles. The fourth-order valence-electron chi connectivity index (χ4n) is 3.27. The standard InChI is InChI=1S/C21H26N4O4/c1-15-5-2-3-7-18(15)20(27)24-16-8-10-25(11-9-16)19(26)14-23-21(28)22-13-17-6-4-12-29-17/h2-7,12,16H,8-11,13-14H2,1H3,(H,24,27)(H2,22,23,28). The number of rotatable bonds is 6. The zero-order valence-corrected chi connectivity index (χ0v) is 16.4. The number of piperidine rings is 1. The number of nitrogens with one attached hydrogen (secondary N) is 3. The van der Waals surface area contributed by atoms with E-state index in [0.29, 0.717) is 37.3 Å². The van der Waals surface area contributed by atoms with Crippen LogP contribution in [0, 0.1) is 6.92 Å². The Morgan fingerprint density at radius 1 is 1.07 bits per heavy atom. The van der Waals surface area contributed by atoms with E-state index in [1.807, 2.05) is 31.2 Å². The average Bonchev–Trinajstić information content (AvgIpc) is 3.25. The molecule has 1 fully saturated rings. The molecule has 8 nitrogen and oxygen atoms in total. The van der Waals surface area contributed by atoms with Gasteiger partial charge in [0.15, 0.2) is 0 Å². The maximum atomic E-state index is 12.4. The number of nitrogens with zero attached hydrogens (tertiary/aromatic N) is 1. The van der Waals surface area contributed by atoms with E-state index in [4.69, 9.17) is 4.42 Å². The minimum atomic E-state index is -0.421. The first-order valence-electron chi connectivity index (χ1n) is 9.71. The molecule has 8 heteroatoms. The van der Waals surface area contributed by atoms with Gasteiger partial charge >= 0.3 is 6.03 Å². The van der Waals surface area contributed by atoms with Crippen molar-refractivity contribution in [1.82, 2.24) is 20.9 Å². The van der Waals surface area contributed by atoms with Crippen LogP contribution >= 0.6 is 0 Å². The molecule has 3 rings (SSSR count). The Morgan fingerprint density at radius 3 is 2.52 bits per heavy atom. The molecule has 0 radical (unpaired) electrons. The number of amides is 4. The van der Waals surface area contributed by atoms with Crippen LogP contribution in [0.5, 0.6) is 0 Å². The maximum Gasteiger partial charge on any atom is 0.315 e. The van der Waals surface area contributed by atoms with Crippen molar-refractivity contribution in [3.8, 4) is 0 Å². The van der Waals surface area contributed by atoms with Crippen LogP contribution in [0.15, 0.2) is 47.1 Å². The van der Waals surface area contributed by atoms with Crippen LogP contribution in [-0.2, 0) is 11.3 Å². The van der Waals surface area contributed by atoms with Crippen molar-refractivity contribution in [3.05, 3.63) is 59.5 Å². The third-order valence-electron chi connectivity index (χ3n) is 4.98. The molecule has 29 heavy (non-hydrogen) atoms. The summed E-state index contributed by atoms with van der Waals surface area (Å²) in [4.78, 5) is 38.2. The van der Waals surface area contributed by atoms with Crippen LogP contribution in [-0.4, -0.2) is 48.4 Å². The van der Waals surface area contributed by atoms with Gasteiger partial charge in [0.1, 0.15) is 5.76 Å². The normalized spacial score (nSPS) is 14.3. The predicted octanol–water partition coefficient (Wildman–Crippen LogP) is 1.81. The zero-order valence-electron chi connectivity index (χ0n) is 16.4. The molecule has 4 amide bonds. The van der Waals surface area contributed by atoms with Crippen molar-refractivity contribution >= 4 is 17.8 Å². The van der Waals surface area contributed by atoms with Gasteiger partial charge in [0, 0.05) is 24.7 Å². The van der Waals surface area contributed by atoms with Crippen LogP contribution in [0.25, 0.3) is 0 Å². The largest absolute Gasteiger partial charge is 0.467 e. The fraction of sp³-hybridized carbons (Fsp3) is 0.381. The molecule has 0 aliphatic carbocycles. The number of carbonyl (C=O) groups excluding carboxylic acids is 3. The molecule has 0 spiro atoms. The number of aryl methyl sites for hydroxylation is 1. The summed E-state index contributed by atoms with van der Waals surface area (Å²) in [5.74, 6) is 0.422. The van der Waals surface area contributed by atoms with E-state index in [1.165, 1.54) is 6.26 Å². The van der Waals surface area contributed by atoms with Crippen molar-refractivity contribution in [2.75, 3.05) is 19.6 Å². The number of furan rings is 1. The van der Waals surface area contributed by atoms with Gasteiger partial charge in [0.2, 0.25) is 5.91 Å². The highest BCUT2D eigenvalue weighted by Gasteiger charge is 2.24. The van der Waals surface area contributed by atoms with Crippen LogP contribution in [0.2, 0.25) is 0 Å². The van der Waals surface area contributed by atoms with E-state index in [2.05, 4.69) is 16.0 Å². The van der Waals surface area contributed by atoms with Gasteiger partial charge < -0.3 is 25.3 Å². The van der Waals surface area contributed by atoms with Crippen LogP contribution in [0.1, 0.15) is 34.5 Å². The highest BCUT2D eigenvalue weighted by molar-refractivity contribution is 5.95. The molecule has 2 heterocycles. The van der Waals surface area contributed by atoms with Gasteiger partial charge in [-0.15, -0.1) is 0 Å². The van der Waals surface area contributed by atoms with Gasteiger partial charge in [-0.05, 0) is 43.5 Å². The Balaban J connectivity index is 1.36. The number of urea groups is 1. The number of hydrogen-bond donors (Lipinski definition) is 3. The summed E-state index contributed by atoms with van der Waals surface area (Å²) in [5, 5.41) is 8.24. The predicted molar refractivity (Wildman–Crippen MR) is 107 cm³/mol. The lowest BCUT2D eigenvalue weighted by Gasteiger charge is -2.32. The summed E-state index contributed by atoms with van der Waals surface area (Å²) in [6.07, 6.45) is 2.91. The third kappa shape index (κ3) is 5.84. The zero-order chi connectivity index (χ0) is 20.6. The molecule has 0 bridgehead atoms. The van der Waals surface area contributed by atoms with Gasteiger partial charge in [-0.1, -0.05) is 18.2 Å². The number of carbonyl (C=O) groups is 3. The summed E-state index contributed by atoms with van der Waals surface area (Å²) in [7, 11) is 0. The fourth-order valence-corrected chi connectivity index (χ4v) is 3.27. The van der Waals surface area contributed by atoms with E-state index < -0.39 is 6.03 Å². The second kappa shape index (κ2) is 9.77. The Bertz CT molecular complexity index is 842. The molecule has 1 aliphatic heterocycles. The summed E-state index contributed by atoms with van der Waals surface area (Å²) >= 11 is 0. The lowest BCUT2D eigenvalue weighted by atomic mass is 10.0. The van der Waals surface area contributed by atoms with Crippen molar-refractivity contribution in [2.24, 2.45) is 0 Å². The topological polar surface area (TPSA) is 104 Å². The minimum absolute atomic E-state index is 0.0377. The Morgan fingerprint density at radius 2 is 1.83 bits per heavy atom. The number of benzene rings is 1. The van der Waals surface area contributed by atoms with Crippen molar-refractivity contribution in [2.45, 2.75) is 32.4 Å². The minimum Gasteiger partial charge on any atom is -0.467 e. The average molecular weight is 398 g/mol. The molecule has 2 aromatic rings. The van der Waals surface area contributed by atoms with Crippen LogP contribution < -0.4 is 16.0 Å². The Kier molecular flexibility index (Phi) is 6.89. The van der Waals surface area contributed by atoms with Gasteiger partial charge in [-0.25, -0.2) is 4.79 Å². The van der Waals surface area contributed by atoms with Crippen molar-refractivity contribution < 1.29 is 18.8 Å². The van der Waals surface area contributed by atoms with E-state index in [-0.39, 0.29) is 30.9 Å². The molecule has 154 valence electrons. The summed E-state index contributed by atoms with van der Waals surface area (Å²) in [6.45, 7) is 3.21. The van der Waals surface area contributed by atoms with Gasteiger partial charge in [0.25, 0.3) is 5.91 Å². The summed E-state index contributed by atoms with van der Waals surface area (Å²) in [6, 6.07) is 10.6. The number of likely N-dealkylation sites (tertiary alicyclic amines) is 1. The molecular weight excluding hydrogens is 372 g/mol. The first kappa shape index (κ1) is 20.4. The van der Waals surface area contributed by atoms with E-state index in [9.17, 15) is 14.4 Å². The monoisotopic (exact) mass is 398 g/mol. The lowest BCUT2D eigenvalue weighted by molar-refractivity contribution is -0.131. The Hall–Kier alpha value is -3.29. The second-order valence-corrected chi connectivity index (χ2v) is 7.06. The van der Waals surface area contributed by atoms with E-state index >= 15 is 0 Å². The highest BCUT2D eigenvalue weighted by Crippen LogP contribution is 2.13. The molecule has 0 saturated carbocycles. The first-order chi connectivity index (χ1) is 14.0. The summed E-state index contributed by atoms with van der Waals surface area (Å²) in [5.41, 5.74) is 1.62. The van der Waals surface area contributed by atoms with Gasteiger partial charge in [0.05, 0.1) is 19.4 Å². The molecule has 3 N–H and O–H groups in total. The molecule has 1 aliphatic rings. The molecule has 1 aromatic carbocycles. The molecule has 1 saturated heterocycles. The molecule has 0 unspecified atom stereocenters. The lowest BCUT2D eigenvalue weighted by Crippen LogP contribution is -2.49. The number of hydrogen-bond acceptors (Lipinski definition) is 4. The molecular formula is C21H26N4O4. The van der Waals surface area contributed by atoms with Crippen molar-refractivity contribution in [3.63, 3.8) is 0 Å². The Labute approximate surface area is 169 Å². The second-order valence-electron chi connectivity index (χ2n) is 7.06. The van der Waals surface area contributed by atoms with Crippen molar-refractivity contribution in [1.29, 1.82) is 0 Å². The van der Waals surface area contributed by atoms with E-state index in [0.717, 1.165) is 5.56 Å². The van der Waals surface area contributed by atoms with E-state index in [1.54, 1.807) is 17.0 Å². The maximum absolute atomic E-state index is 12.4. The van der Waals surface area contributed by atoms with Crippen LogP contribution in [0.4, 0.5) is 4.79 Å². The van der Waals surface area contributed by atoms with Gasteiger partial charge in [-0.2, -0.15) is 0 Å². The SMILES string of the molecule is Cc1ccccc1C(=O)NC1CCN(C(=O)CNC(=O)NCc2ccco2)CC1. The van der Waals surface area contributed by atoms with Crippen LogP contribution in [0.3, 0.4) is 0 Å². The third-order valence-corrected chi connectivity index (χ3v) is 4.98. The smallest absolute Gasteiger partial charge is 0.315 e. The quantitative estimate of drug-likeness (QED) is 0.690. The summed E-state index contributed by atoms with van der Waals surface area (Å²) < 4.78 is 5.13. The van der Waals surface area contributed by atoms with Gasteiger partial charge in [-0.3, -0.25) is 9.59 Å².